The molecule has 0 aliphatic rings. The average Bonchev–Trinajstić information content (AvgIpc) is 2.56. The number of benzene rings is 2. The van der Waals surface area contributed by atoms with Crippen molar-refractivity contribution in [3.63, 3.8) is 0 Å². The first-order chi connectivity index (χ1) is 11.1. The van der Waals surface area contributed by atoms with Gasteiger partial charge >= 0.3 is 0 Å². The summed E-state index contributed by atoms with van der Waals surface area (Å²) in [5.74, 6) is 1.18. The van der Waals surface area contributed by atoms with Crippen molar-refractivity contribution in [3.05, 3.63) is 71.5 Å². The predicted molar refractivity (Wildman–Crippen MR) is 95.0 cm³/mol. The third-order valence-electron chi connectivity index (χ3n) is 3.58. The Morgan fingerprint density at radius 2 is 1.83 bits per heavy atom. The van der Waals surface area contributed by atoms with Gasteiger partial charge in [0.25, 0.3) is 0 Å². The highest BCUT2D eigenvalue weighted by molar-refractivity contribution is 7.99. The Kier molecular flexibility index (Phi) is 7.14. The summed E-state index contributed by atoms with van der Waals surface area (Å²) in [5.41, 5.74) is 2.25. The summed E-state index contributed by atoms with van der Waals surface area (Å²) in [6, 6.07) is 16.5. The van der Waals surface area contributed by atoms with Crippen LogP contribution in [0.15, 0.2) is 54.6 Å². The van der Waals surface area contributed by atoms with E-state index < -0.39 is 0 Å². The van der Waals surface area contributed by atoms with Gasteiger partial charge < -0.3 is 5.32 Å². The Morgan fingerprint density at radius 3 is 2.52 bits per heavy atom. The van der Waals surface area contributed by atoms with Crippen LogP contribution in [-0.4, -0.2) is 17.4 Å². The number of thioether (sulfide) groups is 1. The van der Waals surface area contributed by atoms with Gasteiger partial charge in [-0.3, -0.25) is 4.79 Å². The zero-order valence-corrected chi connectivity index (χ0v) is 14.1. The first-order valence-corrected chi connectivity index (χ1v) is 8.97. The summed E-state index contributed by atoms with van der Waals surface area (Å²) in [5, 5.41) is 2.94. The van der Waals surface area contributed by atoms with Crippen molar-refractivity contribution < 1.29 is 9.18 Å². The average molecular weight is 331 g/mol. The molecule has 4 heteroatoms. The van der Waals surface area contributed by atoms with Crippen LogP contribution in [0.2, 0.25) is 0 Å². The minimum atomic E-state index is -0.263. The number of hydrogen-bond acceptors (Lipinski definition) is 2. The summed E-state index contributed by atoms with van der Waals surface area (Å²) < 4.78 is 12.9. The van der Waals surface area contributed by atoms with E-state index in [0.29, 0.717) is 5.75 Å². The van der Waals surface area contributed by atoms with Gasteiger partial charge in [0.1, 0.15) is 5.82 Å². The molecule has 2 aromatic rings. The lowest BCUT2D eigenvalue weighted by Gasteiger charge is -2.14. The lowest BCUT2D eigenvalue weighted by Crippen LogP contribution is -2.28. The van der Waals surface area contributed by atoms with Crippen molar-refractivity contribution in [1.82, 2.24) is 5.32 Å². The van der Waals surface area contributed by atoms with E-state index in [0.717, 1.165) is 24.2 Å². The molecular weight excluding hydrogens is 309 g/mol. The van der Waals surface area contributed by atoms with Gasteiger partial charge in [0, 0.05) is 0 Å². The Morgan fingerprint density at radius 1 is 1.13 bits per heavy atom. The smallest absolute Gasteiger partial charge is 0.230 e. The third kappa shape index (κ3) is 6.45. The van der Waals surface area contributed by atoms with E-state index in [-0.39, 0.29) is 17.8 Å². The van der Waals surface area contributed by atoms with Gasteiger partial charge in [-0.15, -0.1) is 0 Å². The Hall–Kier alpha value is -1.81. The molecule has 1 atom stereocenters. The molecule has 122 valence electrons. The van der Waals surface area contributed by atoms with Crippen LogP contribution in [0.3, 0.4) is 0 Å². The maximum absolute atomic E-state index is 12.9. The molecule has 1 N–H and O–H groups in total. The molecule has 0 aliphatic heterocycles. The van der Waals surface area contributed by atoms with Crippen LogP contribution in [0, 0.1) is 5.82 Å². The molecule has 0 heterocycles. The van der Waals surface area contributed by atoms with Crippen LogP contribution in [0.4, 0.5) is 4.39 Å². The molecule has 0 fully saturated rings. The van der Waals surface area contributed by atoms with Gasteiger partial charge in [-0.2, -0.15) is 11.8 Å². The summed E-state index contributed by atoms with van der Waals surface area (Å²) >= 11 is 1.65. The molecule has 0 saturated heterocycles. The van der Waals surface area contributed by atoms with Crippen LogP contribution in [0.1, 0.15) is 30.5 Å². The van der Waals surface area contributed by atoms with E-state index in [2.05, 4.69) is 17.4 Å². The molecule has 1 amide bonds. The summed E-state index contributed by atoms with van der Waals surface area (Å²) in [4.78, 5) is 11.9. The third-order valence-corrected chi connectivity index (χ3v) is 4.62. The Labute approximate surface area is 141 Å². The summed E-state index contributed by atoms with van der Waals surface area (Å²) in [6.07, 6.45) is 2.11. The van der Waals surface area contributed by atoms with Gasteiger partial charge in [-0.25, -0.2) is 4.39 Å². The molecule has 0 radical (unpaired) electrons. The molecule has 0 aromatic heterocycles. The van der Waals surface area contributed by atoms with Gasteiger partial charge in [0.05, 0.1) is 11.8 Å². The maximum atomic E-state index is 12.9. The first-order valence-electron chi connectivity index (χ1n) is 7.81. The fourth-order valence-electron chi connectivity index (χ4n) is 2.31. The first kappa shape index (κ1) is 17.5. The van der Waals surface area contributed by atoms with E-state index >= 15 is 0 Å². The molecule has 2 rings (SSSR count). The lowest BCUT2D eigenvalue weighted by molar-refractivity contribution is -0.119. The highest BCUT2D eigenvalue weighted by Gasteiger charge is 2.09. The molecule has 2 aromatic carbocycles. The Bertz CT molecular complexity index is 601. The number of carbonyl (C=O) groups excluding carboxylic acids is 1. The Balaban J connectivity index is 1.62. The largest absolute Gasteiger partial charge is 0.349 e. The van der Waals surface area contributed by atoms with E-state index in [1.54, 1.807) is 23.9 Å². The zero-order valence-electron chi connectivity index (χ0n) is 13.3. The molecule has 0 saturated carbocycles. The molecule has 0 aliphatic carbocycles. The molecular formula is C19H22FNOS. The van der Waals surface area contributed by atoms with Crippen LogP contribution in [-0.2, 0) is 11.2 Å². The second-order valence-electron chi connectivity index (χ2n) is 5.48. The number of rotatable bonds is 8. The quantitative estimate of drug-likeness (QED) is 0.728. The SMILES string of the molecule is CC(NC(=O)CSCCCc1ccccc1)c1ccc(F)cc1. The molecule has 23 heavy (non-hydrogen) atoms. The van der Waals surface area contributed by atoms with Crippen LogP contribution in [0.5, 0.6) is 0 Å². The van der Waals surface area contributed by atoms with Crippen molar-refractivity contribution in [2.75, 3.05) is 11.5 Å². The topological polar surface area (TPSA) is 29.1 Å². The van der Waals surface area contributed by atoms with E-state index in [1.807, 2.05) is 25.1 Å². The number of carbonyl (C=O) groups is 1. The number of hydrogen-bond donors (Lipinski definition) is 1. The molecule has 0 bridgehead atoms. The fourth-order valence-corrected chi connectivity index (χ4v) is 3.07. The van der Waals surface area contributed by atoms with Gasteiger partial charge in [-0.05, 0) is 48.8 Å². The minimum absolute atomic E-state index is 0.0199. The van der Waals surface area contributed by atoms with Crippen molar-refractivity contribution in [3.8, 4) is 0 Å². The summed E-state index contributed by atoms with van der Waals surface area (Å²) in [6.45, 7) is 1.91. The molecule has 2 nitrogen and oxygen atoms in total. The van der Waals surface area contributed by atoms with E-state index in [9.17, 15) is 9.18 Å². The van der Waals surface area contributed by atoms with Gasteiger partial charge in [0.2, 0.25) is 5.91 Å². The van der Waals surface area contributed by atoms with E-state index in [1.165, 1.54) is 17.7 Å². The minimum Gasteiger partial charge on any atom is -0.349 e. The van der Waals surface area contributed by atoms with Crippen LogP contribution in [0.25, 0.3) is 0 Å². The zero-order chi connectivity index (χ0) is 16.5. The van der Waals surface area contributed by atoms with Crippen molar-refractivity contribution in [2.45, 2.75) is 25.8 Å². The van der Waals surface area contributed by atoms with Gasteiger partial charge in [0.15, 0.2) is 0 Å². The van der Waals surface area contributed by atoms with Crippen LogP contribution < -0.4 is 5.32 Å². The van der Waals surface area contributed by atoms with Gasteiger partial charge in [-0.1, -0.05) is 42.5 Å². The molecule has 0 spiro atoms. The number of aryl methyl sites for hydroxylation is 1. The van der Waals surface area contributed by atoms with Crippen molar-refractivity contribution in [1.29, 1.82) is 0 Å². The lowest BCUT2D eigenvalue weighted by atomic mass is 10.1. The number of halogens is 1. The number of nitrogens with one attached hydrogen (secondary N) is 1. The highest BCUT2D eigenvalue weighted by atomic mass is 32.2. The van der Waals surface area contributed by atoms with E-state index in [4.69, 9.17) is 0 Å². The second-order valence-corrected chi connectivity index (χ2v) is 6.59. The van der Waals surface area contributed by atoms with Crippen LogP contribution >= 0.6 is 11.8 Å². The van der Waals surface area contributed by atoms with Crippen molar-refractivity contribution in [2.24, 2.45) is 0 Å². The fraction of sp³-hybridized carbons (Fsp3) is 0.316. The maximum Gasteiger partial charge on any atom is 0.230 e. The number of amides is 1. The second kappa shape index (κ2) is 9.36. The molecule has 1 unspecified atom stereocenters. The summed E-state index contributed by atoms with van der Waals surface area (Å²) in [7, 11) is 0. The monoisotopic (exact) mass is 331 g/mol. The standard InChI is InChI=1S/C19H22FNOS/c1-15(17-9-11-18(20)12-10-17)21-19(22)14-23-13-5-8-16-6-3-2-4-7-16/h2-4,6-7,9-12,15H,5,8,13-14H2,1H3,(H,21,22). The van der Waals surface area contributed by atoms with Crippen molar-refractivity contribution >= 4 is 17.7 Å². The predicted octanol–water partition coefficient (Wildman–Crippen LogP) is 4.37. The highest BCUT2D eigenvalue weighted by Crippen LogP contribution is 2.13. The normalized spacial score (nSPS) is 11.9.